The summed E-state index contributed by atoms with van der Waals surface area (Å²) in [6, 6.07) is 9.58. The molecule has 9 nitrogen and oxygen atoms in total. The second-order valence-corrected chi connectivity index (χ2v) is 9.50. The Balaban J connectivity index is 1.49. The summed E-state index contributed by atoms with van der Waals surface area (Å²) in [5.41, 5.74) is 2.75. The van der Waals surface area contributed by atoms with Gasteiger partial charge >= 0.3 is 6.09 Å². The number of rotatable bonds is 7. The molecular formula is C27H33N5O4. The molecule has 190 valence electrons. The van der Waals surface area contributed by atoms with Gasteiger partial charge in [0.15, 0.2) is 0 Å². The second kappa shape index (κ2) is 9.81. The number of hydrogen-bond acceptors (Lipinski definition) is 8. The minimum absolute atomic E-state index is 0.341. The number of anilines is 3. The lowest BCUT2D eigenvalue weighted by molar-refractivity contribution is 0.00104. The molecule has 0 bridgehead atoms. The molecule has 5 rings (SSSR count). The number of carbonyl (C=O) groups is 1. The van der Waals surface area contributed by atoms with Crippen LogP contribution in [0.1, 0.15) is 31.7 Å². The van der Waals surface area contributed by atoms with Crippen molar-refractivity contribution in [2.24, 2.45) is 0 Å². The normalized spacial score (nSPS) is 17.4. The predicted molar refractivity (Wildman–Crippen MR) is 140 cm³/mol. The molecule has 0 saturated carbocycles. The monoisotopic (exact) mass is 491 g/mol. The number of ether oxygens (including phenoxy) is 3. The summed E-state index contributed by atoms with van der Waals surface area (Å²) < 4.78 is 17.2. The van der Waals surface area contributed by atoms with Crippen LogP contribution < -0.4 is 19.7 Å². The molecule has 36 heavy (non-hydrogen) atoms. The Morgan fingerprint density at radius 3 is 2.61 bits per heavy atom. The van der Waals surface area contributed by atoms with Crippen LogP contribution in [0.2, 0.25) is 0 Å². The van der Waals surface area contributed by atoms with E-state index in [2.05, 4.69) is 27.1 Å². The van der Waals surface area contributed by atoms with Crippen molar-refractivity contribution >= 4 is 34.2 Å². The molecule has 2 aliphatic heterocycles. The first kappa shape index (κ1) is 24.1. The number of aromatic nitrogens is 2. The van der Waals surface area contributed by atoms with Crippen LogP contribution in [-0.2, 0) is 4.74 Å². The maximum atomic E-state index is 13.1. The summed E-state index contributed by atoms with van der Waals surface area (Å²) in [4.78, 5) is 26.2. The van der Waals surface area contributed by atoms with Gasteiger partial charge in [0.2, 0.25) is 0 Å². The number of nitrogens with one attached hydrogen (secondary N) is 1. The zero-order chi connectivity index (χ0) is 25.3. The van der Waals surface area contributed by atoms with Crippen LogP contribution >= 0.6 is 0 Å². The summed E-state index contributed by atoms with van der Waals surface area (Å²) in [5, 5.41) is 4.20. The highest BCUT2D eigenvalue weighted by Gasteiger charge is 2.48. The molecule has 2 aliphatic rings. The van der Waals surface area contributed by atoms with Crippen molar-refractivity contribution in [3.05, 3.63) is 42.2 Å². The predicted octanol–water partition coefficient (Wildman–Crippen LogP) is 4.90. The van der Waals surface area contributed by atoms with E-state index in [0.29, 0.717) is 29.3 Å². The number of benzene rings is 2. The van der Waals surface area contributed by atoms with Crippen molar-refractivity contribution in [2.75, 3.05) is 50.6 Å². The Hall–Kier alpha value is -3.59. The number of carbonyl (C=O) groups excluding carboxylic acids is 1. The third kappa shape index (κ3) is 4.39. The average molecular weight is 492 g/mol. The molecule has 9 heteroatoms. The van der Waals surface area contributed by atoms with Gasteiger partial charge in [0.1, 0.15) is 29.2 Å². The van der Waals surface area contributed by atoms with Crippen molar-refractivity contribution < 1.29 is 19.0 Å². The molecule has 0 radical (unpaired) electrons. The Morgan fingerprint density at radius 2 is 1.89 bits per heavy atom. The van der Waals surface area contributed by atoms with Crippen molar-refractivity contribution in [3.63, 3.8) is 0 Å². The summed E-state index contributed by atoms with van der Waals surface area (Å²) >= 11 is 0. The van der Waals surface area contributed by atoms with E-state index in [0.717, 1.165) is 61.3 Å². The van der Waals surface area contributed by atoms with E-state index >= 15 is 0 Å². The van der Waals surface area contributed by atoms with Gasteiger partial charge < -0.3 is 24.4 Å². The smallest absolute Gasteiger partial charge is 0.415 e. The van der Waals surface area contributed by atoms with Gasteiger partial charge in [-0.25, -0.2) is 14.8 Å². The molecule has 0 atom stereocenters. The zero-order valence-corrected chi connectivity index (χ0v) is 21.3. The number of amides is 1. The second-order valence-electron chi connectivity index (χ2n) is 9.50. The van der Waals surface area contributed by atoms with E-state index in [1.165, 1.54) is 6.33 Å². The van der Waals surface area contributed by atoms with Crippen LogP contribution in [0.5, 0.6) is 11.5 Å². The van der Waals surface area contributed by atoms with Crippen LogP contribution in [0, 0.1) is 6.92 Å². The quantitative estimate of drug-likeness (QED) is 0.499. The Morgan fingerprint density at radius 1 is 1.11 bits per heavy atom. The van der Waals surface area contributed by atoms with Crippen molar-refractivity contribution in [3.8, 4) is 11.5 Å². The first-order valence-electron chi connectivity index (χ1n) is 12.4. The molecule has 1 amide bonds. The molecule has 1 N–H and O–H groups in total. The molecule has 1 aromatic heterocycles. The maximum absolute atomic E-state index is 13.1. The highest BCUT2D eigenvalue weighted by Crippen LogP contribution is 2.41. The molecule has 2 saturated heterocycles. The zero-order valence-electron chi connectivity index (χ0n) is 21.3. The number of nitrogens with zero attached hydrogens (tertiary/aromatic N) is 4. The minimum Gasteiger partial charge on any atom is -0.496 e. The van der Waals surface area contributed by atoms with Gasteiger partial charge in [0, 0.05) is 48.6 Å². The number of piperidine rings is 1. The largest absolute Gasteiger partial charge is 0.496 e. The molecule has 1 spiro atoms. The van der Waals surface area contributed by atoms with E-state index in [-0.39, 0.29) is 6.09 Å². The fourth-order valence-electron chi connectivity index (χ4n) is 5.21. The third-order valence-electron chi connectivity index (χ3n) is 7.26. The van der Waals surface area contributed by atoms with Crippen molar-refractivity contribution in [2.45, 2.75) is 38.7 Å². The minimum atomic E-state index is -0.465. The van der Waals surface area contributed by atoms with Gasteiger partial charge in [-0.1, -0.05) is 13.0 Å². The lowest BCUT2D eigenvalue weighted by Crippen LogP contribution is -2.47. The van der Waals surface area contributed by atoms with Gasteiger partial charge in [-0.05, 0) is 38.1 Å². The maximum Gasteiger partial charge on any atom is 0.415 e. The van der Waals surface area contributed by atoms with E-state index in [9.17, 15) is 4.79 Å². The van der Waals surface area contributed by atoms with Gasteiger partial charge in [-0.3, -0.25) is 4.90 Å². The lowest BCUT2D eigenvalue weighted by atomic mass is 9.91. The Labute approximate surface area is 211 Å². The topological polar surface area (TPSA) is 89.0 Å². The van der Waals surface area contributed by atoms with E-state index in [4.69, 9.17) is 14.2 Å². The molecular weight excluding hydrogens is 458 g/mol. The number of fused-ring (bicyclic) bond motifs is 1. The summed E-state index contributed by atoms with van der Waals surface area (Å²) in [6.45, 7) is 7.63. The summed E-state index contributed by atoms with van der Waals surface area (Å²) in [6.07, 6.45) is 3.96. The van der Waals surface area contributed by atoms with E-state index in [1.807, 2.05) is 37.3 Å². The first-order valence-corrected chi connectivity index (χ1v) is 12.4. The Bertz CT molecular complexity index is 1270. The first-order chi connectivity index (χ1) is 17.5. The standard InChI is InChI=1S/C27H33N5O4/c1-5-11-31-12-9-27(10-13-31)16-32(26(33)36-27)22-14-19-21(15-24(22)35-4)28-17-29-25(19)30-20-7-6-8-23(34-3)18(20)2/h6-8,14-15,17H,5,9-13,16H2,1-4H3,(H,28,29,30). The van der Waals surface area contributed by atoms with Crippen LogP contribution in [0.25, 0.3) is 10.9 Å². The molecule has 3 heterocycles. The van der Waals surface area contributed by atoms with Crippen molar-refractivity contribution in [1.82, 2.24) is 14.9 Å². The van der Waals surface area contributed by atoms with Crippen LogP contribution in [0.4, 0.5) is 22.0 Å². The Kier molecular flexibility index (Phi) is 6.57. The van der Waals surface area contributed by atoms with Gasteiger partial charge in [0.25, 0.3) is 0 Å². The van der Waals surface area contributed by atoms with Crippen LogP contribution in [-0.4, -0.2) is 67.0 Å². The molecule has 2 fully saturated rings. The number of methoxy groups -OCH3 is 2. The SMILES string of the molecule is CCCN1CCC2(CC1)CN(c1cc3c(Nc4cccc(OC)c4C)ncnc3cc1OC)C(=O)O2. The molecule has 3 aromatic rings. The van der Waals surface area contributed by atoms with Gasteiger partial charge in [-0.15, -0.1) is 0 Å². The van der Waals surface area contributed by atoms with E-state index < -0.39 is 5.60 Å². The molecule has 0 unspecified atom stereocenters. The molecule has 2 aromatic carbocycles. The highest BCUT2D eigenvalue weighted by atomic mass is 16.6. The lowest BCUT2D eigenvalue weighted by Gasteiger charge is -2.37. The number of hydrogen-bond donors (Lipinski definition) is 1. The molecule has 0 aliphatic carbocycles. The van der Waals surface area contributed by atoms with Crippen LogP contribution in [0.3, 0.4) is 0 Å². The summed E-state index contributed by atoms with van der Waals surface area (Å²) in [7, 11) is 3.26. The van der Waals surface area contributed by atoms with Gasteiger partial charge in [-0.2, -0.15) is 0 Å². The highest BCUT2D eigenvalue weighted by molar-refractivity contribution is 6.00. The fraction of sp³-hybridized carbons (Fsp3) is 0.444. The van der Waals surface area contributed by atoms with E-state index in [1.54, 1.807) is 19.1 Å². The fourth-order valence-corrected chi connectivity index (χ4v) is 5.21. The average Bonchev–Trinajstić information content (AvgIpc) is 3.21. The van der Waals surface area contributed by atoms with Gasteiger partial charge in [0.05, 0.1) is 32.0 Å². The van der Waals surface area contributed by atoms with Crippen molar-refractivity contribution in [1.29, 1.82) is 0 Å². The third-order valence-corrected chi connectivity index (χ3v) is 7.26. The van der Waals surface area contributed by atoms with Crippen LogP contribution in [0.15, 0.2) is 36.7 Å². The number of likely N-dealkylation sites (tertiary alicyclic amines) is 1. The summed E-state index contributed by atoms with van der Waals surface area (Å²) in [5.74, 6) is 1.99.